The predicted molar refractivity (Wildman–Crippen MR) is 96.7 cm³/mol. The Morgan fingerprint density at radius 3 is 2.23 bits per heavy atom. The van der Waals surface area contributed by atoms with Crippen molar-refractivity contribution in [1.82, 2.24) is 10.3 Å². The van der Waals surface area contributed by atoms with Crippen molar-refractivity contribution in [3.63, 3.8) is 0 Å². The van der Waals surface area contributed by atoms with Crippen LogP contribution in [0.3, 0.4) is 0 Å². The lowest BCUT2D eigenvalue weighted by molar-refractivity contribution is -0.138. The van der Waals surface area contributed by atoms with E-state index in [1.54, 1.807) is 0 Å². The minimum Gasteiger partial charge on any atom is -0.350 e. The second-order valence-electron chi connectivity index (χ2n) is 7.17. The molecular weight excluding hydrogens is 450 g/mol. The van der Waals surface area contributed by atoms with Gasteiger partial charge >= 0.3 is 12.4 Å². The van der Waals surface area contributed by atoms with Crippen LogP contribution in [0.25, 0.3) is 0 Å². The third-order valence-electron chi connectivity index (χ3n) is 4.99. The summed E-state index contributed by atoms with van der Waals surface area (Å²) >= 11 is 0. The van der Waals surface area contributed by atoms with E-state index in [4.69, 9.17) is 0 Å². The van der Waals surface area contributed by atoms with Gasteiger partial charge in [-0.1, -0.05) is 6.07 Å². The molecule has 0 spiro atoms. The highest BCUT2D eigenvalue weighted by Gasteiger charge is 2.40. The van der Waals surface area contributed by atoms with Crippen LogP contribution in [0, 0.1) is 5.92 Å². The maximum Gasteiger partial charge on any atom is 0.416 e. The smallest absolute Gasteiger partial charge is 0.350 e. The minimum atomic E-state index is -4.67. The van der Waals surface area contributed by atoms with E-state index in [2.05, 4.69) is 10.3 Å². The first-order valence-corrected chi connectivity index (χ1v) is 10.6. The molecule has 1 amide bonds. The summed E-state index contributed by atoms with van der Waals surface area (Å²) in [5, 5.41) is 1.51. The van der Waals surface area contributed by atoms with Crippen LogP contribution in [0.1, 0.15) is 34.5 Å². The van der Waals surface area contributed by atoms with Gasteiger partial charge in [-0.05, 0) is 49.1 Å². The van der Waals surface area contributed by atoms with Crippen LogP contribution < -0.4 is 5.32 Å². The molecule has 12 heteroatoms. The first kappa shape index (κ1) is 23.0. The molecule has 1 N–H and O–H groups in total. The van der Waals surface area contributed by atoms with Gasteiger partial charge in [-0.25, -0.2) is 8.42 Å². The van der Waals surface area contributed by atoms with Gasteiger partial charge in [0.2, 0.25) is 0 Å². The average molecular weight is 466 g/mol. The Labute approximate surface area is 173 Å². The van der Waals surface area contributed by atoms with Crippen molar-refractivity contribution in [3.8, 4) is 0 Å². The van der Waals surface area contributed by atoms with Crippen molar-refractivity contribution in [1.29, 1.82) is 0 Å². The number of carbonyl (C=O) groups is 1. The van der Waals surface area contributed by atoms with Gasteiger partial charge < -0.3 is 5.32 Å². The molecule has 0 bridgehead atoms. The highest BCUT2D eigenvalue weighted by atomic mass is 32.2. The number of pyridine rings is 1. The van der Waals surface area contributed by atoms with E-state index in [1.165, 1.54) is 0 Å². The Bertz CT molecular complexity index is 1080. The number of nitrogens with zero attached hydrogens (tertiary/aromatic N) is 1. The monoisotopic (exact) mass is 466 g/mol. The molecule has 1 aromatic carbocycles. The summed E-state index contributed by atoms with van der Waals surface area (Å²) in [4.78, 5) is 15.2. The zero-order chi connectivity index (χ0) is 23.0. The van der Waals surface area contributed by atoms with E-state index < -0.39 is 55.1 Å². The fraction of sp³-hybridized carbons (Fsp3) is 0.368. The zero-order valence-corrected chi connectivity index (χ0v) is 16.5. The molecule has 5 nitrogen and oxygen atoms in total. The van der Waals surface area contributed by atoms with E-state index in [9.17, 15) is 39.6 Å². The normalized spacial score (nSPS) is 19.5. The highest BCUT2D eigenvalue weighted by Crippen LogP contribution is 2.38. The average Bonchev–Trinajstić information content (AvgIpc) is 2.65. The molecule has 0 atom stereocenters. The van der Waals surface area contributed by atoms with Crippen molar-refractivity contribution in [2.24, 2.45) is 5.92 Å². The molecule has 1 aliphatic rings. The van der Waals surface area contributed by atoms with Crippen LogP contribution in [0.15, 0.2) is 47.5 Å². The number of sulfone groups is 1. The van der Waals surface area contributed by atoms with Gasteiger partial charge in [0, 0.05) is 12.7 Å². The van der Waals surface area contributed by atoms with E-state index in [-0.39, 0.29) is 25.3 Å². The SMILES string of the molecule is O=C(NCC1CC(S(=O)(=O)c2cccc(C(F)(F)F)c2)C1)c1cc(C(F)(F)F)ccn1. The van der Waals surface area contributed by atoms with Crippen LogP contribution in [-0.4, -0.2) is 31.1 Å². The maximum atomic E-state index is 12.8. The Hall–Kier alpha value is -2.63. The number of benzene rings is 1. The minimum absolute atomic E-state index is 0.00533. The molecule has 0 aliphatic heterocycles. The van der Waals surface area contributed by atoms with Crippen LogP contribution in [0.5, 0.6) is 0 Å². The molecular formula is C19H16F6N2O3S. The second kappa shape index (κ2) is 8.13. The Morgan fingerprint density at radius 2 is 1.61 bits per heavy atom. The number of alkyl halides is 6. The quantitative estimate of drug-likeness (QED) is 0.674. The van der Waals surface area contributed by atoms with Gasteiger partial charge in [-0.2, -0.15) is 26.3 Å². The summed E-state index contributed by atoms with van der Waals surface area (Å²) in [5.41, 5.74) is -2.52. The summed E-state index contributed by atoms with van der Waals surface area (Å²) in [6.45, 7) is 0.00533. The third kappa shape index (κ3) is 5.17. The molecule has 0 saturated heterocycles. The Balaban J connectivity index is 1.58. The number of nitrogens with one attached hydrogen (secondary N) is 1. The van der Waals surface area contributed by atoms with Gasteiger partial charge in [0.15, 0.2) is 9.84 Å². The Kier molecular flexibility index (Phi) is 6.05. The van der Waals surface area contributed by atoms with Gasteiger partial charge in [-0.15, -0.1) is 0 Å². The third-order valence-corrected chi connectivity index (χ3v) is 7.17. The second-order valence-corrected chi connectivity index (χ2v) is 9.40. The number of hydrogen-bond acceptors (Lipinski definition) is 4. The van der Waals surface area contributed by atoms with E-state index in [1.807, 2.05) is 0 Å². The summed E-state index contributed by atoms with van der Waals surface area (Å²) in [7, 11) is -3.98. The van der Waals surface area contributed by atoms with Gasteiger partial charge in [0.1, 0.15) is 5.69 Å². The fourth-order valence-electron chi connectivity index (χ4n) is 3.20. The number of hydrogen-bond donors (Lipinski definition) is 1. The molecule has 0 radical (unpaired) electrons. The van der Waals surface area contributed by atoms with Crippen molar-refractivity contribution in [3.05, 3.63) is 59.4 Å². The summed E-state index contributed by atoms with van der Waals surface area (Å²) < 4.78 is 102. The van der Waals surface area contributed by atoms with Crippen molar-refractivity contribution < 1.29 is 39.6 Å². The lowest BCUT2D eigenvalue weighted by Gasteiger charge is -2.35. The molecule has 1 aliphatic carbocycles. The number of halogens is 6. The number of amides is 1. The van der Waals surface area contributed by atoms with Crippen molar-refractivity contribution in [2.45, 2.75) is 35.3 Å². The number of carbonyl (C=O) groups excluding carboxylic acids is 1. The summed E-state index contributed by atoms with van der Waals surface area (Å²) in [6, 6.07) is 4.82. The van der Waals surface area contributed by atoms with Crippen LogP contribution in [0.4, 0.5) is 26.3 Å². The van der Waals surface area contributed by atoms with Crippen LogP contribution in [0.2, 0.25) is 0 Å². The van der Waals surface area contributed by atoms with Gasteiger partial charge in [0.05, 0.1) is 21.3 Å². The lowest BCUT2D eigenvalue weighted by Crippen LogP contribution is -2.42. The Morgan fingerprint density at radius 1 is 1.00 bits per heavy atom. The van der Waals surface area contributed by atoms with Crippen LogP contribution in [-0.2, 0) is 22.2 Å². The molecule has 1 fully saturated rings. The number of aromatic nitrogens is 1. The summed E-state index contributed by atoms with van der Waals surface area (Å²) in [6.07, 6.45) is -8.23. The standard InChI is InChI=1S/C19H16F6N2O3S/c20-18(21,22)12-2-1-3-14(8-12)31(29,30)15-6-11(7-15)10-27-17(28)16-9-13(4-5-26-16)19(23,24)25/h1-5,8-9,11,15H,6-7,10H2,(H,27,28). The fourth-order valence-corrected chi connectivity index (χ4v) is 5.19. The predicted octanol–water partition coefficient (Wildman–Crippen LogP) is 4.10. The molecule has 2 aromatic rings. The van der Waals surface area contributed by atoms with Gasteiger partial charge in [-0.3, -0.25) is 9.78 Å². The van der Waals surface area contributed by atoms with E-state index in [0.29, 0.717) is 12.1 Å². The molecule has 0 unspecified atom stereocenters. The zero-order valence-electron chi connectivity index (χ0n) is 15.7. The summed E-state index contributed by atoms with van der Waals surface area (Å²) in [5.74, 6) is -1.12. The van der Waals surface area contributed by atoms with Gasteiger partial charge in [0.25, 0.3) is 5.91 Å². The molecule has 31 heavy (non-hydrogen) atoms. The number of rotatable bonds is 5. The highest BCUT2D eigenvalue weighted by molar-refractivity contribution is 7.92. The largest absolute Gasteiger partial charge is 0.416 e. The lowest BCUT2D eigenvalue weighted by atomic mass is 9.85. The molecule has 1 saturated carbocycles. The topological polar surface area (TPSA) is 76.1 Å². The van der Waals surface area contributed by atoms with Crippen LogP contribution >= 0.6 is 0 Å². The molecule has 168 valence electrons. The molecule has 3 rings (SSSR count). The van der Waals surface area contributed by atoms with E-state index >= 15 is 0 Å². The first-order chi connectivity index (χ1) is 14.3. The molecule has 1 aromatic heterocycles. The van der Waals surface area contributed by atoms with Crippen molar-refractivity contribution >= 4 is 15.7 Å². The molecule has 1 heterocycles. The first-order valence-electron chi connectivity index (χ1n) is 9.01. The van der Waals surface area contributed by atoms with Crippen molar-refractivity contribution in [2.75, 3.05) is 6.54 Å². The van der Waals surface area contributed by atoms with E-state index in [0.717, 1.165) is 30.5 Å². The maximum absolute atomic E-state index is 12.8.